The maximum atomic E-state index is 14.4. The molecule has 11 heteroatoms. The molecule has 0 bridgehead atoms. The van der Waals surface area contributed by atoms with Crippen LogP contribution in [0, 0.1) is 11.3 Å². The van der Waals surface area contributed by atoms with Gasteiger partial charge in [-0.15, -0.1) is 11.3 Å². The van der Waals surface area contributed by atoms with Gasteiger partial charge in [-0.25, -0.2) is 13.8 Å². The second-order valence-corrected chi connectivity index (χ2v) is 10.0. The van der Waals surface area contributed by atoms with Gasteiger partial charge in [0.05, 0.1) is 41.6 Å². The number of aromatic nitrogens is 2. The Balaban J connectivity index is 1.62. The minimum atomic E-state index is -2.84. The lowest BCUT2D eigenvalue weighted by Crippen LogP contribution is -2.27. The first kappa shape index (κ1) is 25.3. The number of nitrogens with two attached hydrogens (primary N) is 1. The quantitative estimate of drug-likeness (QED) is 0.272. The largest absolute Gasteiger partial charge is 0.497 e. The highest BCUT2D eigenvalue weighted by molar-refractivity contribution is 7.25. The van der Waals surface area contributed by atoms with Crippen molar-refractivity contribution in [2.45, 2.75) is 12.3 Å². The summed E-state index contributed by atoms with van der Waals surface area (Å²) in [6, 6.07) is 17.2. The molecule has 0 aliphatic carbocycles. The Bertz CT molecular complexity index is 1920. The highest BCUT2D eigenvalue weighted by atomic mass is 32.1. The number of benzene rings is 2. The van der Waals surface area contributed by atoms with Crippen LogP contribution in [0.4, 0.5) is 8.78 Å². The van der Waals surface area contributed by atoms with E-state index in [0.717, 1.165) is 11.3 Å². The van der Waals surface area contributed by atoms with Gasteiger partial charge in [0.2, 0.25) is 5.88 Å². The minimum Gasteiger partial charge on any atom is -0.497 e. The first-order chi connectivity index (χ1) is 19.3. The molecule has 0 saturated heterocycles. The molecular weight excluding hydrogens is 538 g/mol. The third-order valence-electron chi connectivity index (χ3n) is 6.87. The van der Waals surface area contributed by atoms with Crippen LogP contribution in [0.1, 0.15) is 29.0 Å². The number of H-pyrrole nitrogens is 1. The smallest absolute Gasteiger partial charge is 0.264 e. The van der Waals surface area contributed by atoms with Crippen molar-refractivity contribution in [2.24, 2.45) is 5.73 Å². The zero-order valence-corrected chi connectivity index (χ0v) is 21.9. The van der Waals surface area contributed by atoms with E-state index in [9.17, 15) is 18.8 Å². The number of aromatic amines is 1. The van der Waals surface area contributed by atoms with Gasteiger partial charge in [-0.05, 0) is 48.0 Å². The summed E-state index contributed by atoms with van der Waals surface area (Å²) < 4.78 is 45.5. The van der Waals surface area contributed by atoms with Crippen LogP contribution in [0.15, 0.2) is 70.8 Å². The summed E-state index contributed by atoms with van der Waals surface area (Å²) in [5, 5.41) is 10.0. The van der Waals surface area contributed by atoms with E-state index in [2.05, 4.69) is 16.0 Å². The second-order valence-electron chi connectivity index (χ2n) is 9.01. The summed E-state index contributed by atoms with van der Waals surface area (Å²) in [6.45, 7) is 0. The number of fused-ring (bicyclic) bond motifs is 5. The number of allylic oxidation sites excluding steroid dienone is 1. The van der Waals surface area contributed by atoms with Crippen LogP contribution in [-0.2, 0) is 0 Å². The van der Waals surface area contributed by atoms with Crippen molar-refractivity contribution in [3.8, 4) is 34.6 Å². The Morgan fingerprint density at radius 2 is 1.75 bits per heavy atom. The van der Waals surface area contributed by atoms with Gasteiger partial charge in [-0.1, -0.05) is 12.1 Å². The van der Waals surface area contributed by atoms with Crippen molar-refractivity contribution in [3.05, 3.63) is 93.1 Å². The van der Waals surface area contributed by atoms with Crippen molar-refractivity contribution in [1.29, 1.82) is 5.26 Å². The summed E-state index contributed by atoms with van der Waals surface area (Å²) in [5.74, 6) is 0.330. The maximum Gasteiger partial charge on any atom is 0.264 e. The molecule has 4 heterocycles. The van der Waals surface area contributed by atoms with Crippen LogP contribution in [0.5, 0.6) is 17.2 Å². The van der Waals surface area contributed by atoms with E-state index < -0.39 is 17.9 Å². The lowest BCUT2D eigenvalue weighted by molar-refractivity contribution is 0.153. The van der Waals surface area contributed by atoms with Crippen molar-refractivity contribution < 1.29 is 23.0 Å². The average molecular weight is 559 g/mol. The van der Waals surface area contributed by atoms with Crippen LogP contribution in [-0.4, -0.2) is 24.2 Å². The van der Waals surface area contributed by atoms with Gasteiger partial charge in [0.25, 0.3) is 12.0 Å². The van der Waals surface area contributed by atoms with Crippen LogP contribution in [0.2, 0.25) is 0 Å². The Morgan fingerprint density at radius 3 is 2.35 bits per heavy atom. The normalized spacial score (nSPS) is 14.8. The standard InChI is InChI=1S/C29H20F2N4O4S/c1-37-15-7-3-13(4-8-15)19-11-17(26(30)31)21-23-25(40-29(21)34-19)24-22(28(36)35-23)20(18(12-32)27(33)39-24)14-5-9-16(38-2)10-6-14/h3-11,20,26H,33H2,1-2H3,(H,35,36). The molecule has 1 unspecified atom stereocenters. The van der Waals surface area contributed by atoms with Gasteiger partial charge in [0.15, 0.2) is 5.75 Å². The molecule has 5 aromatic rings. The monoisotopic (exact) mass is 558 g/mol. The van der Waals surface area contributed by atoms with E-state index in [0.29, 0.717) is 37.9 Å². The van der Waals surface area contributed by atoms with Gasteiger partial charge in [-0.3, -0.25) is 4.79 Å². The van der Waals surface area contributed by atoms with Gasteiger partial charge < -0.3 is 24.9 Å². The molecule has 6 rings (SSSR count). The van der Waals surface area contributed by atoms with E-state index in [-0.39, 0.29) is 39.2 Å². The molecule has 1 aliphatic heterocycles. The van der Waals surface area contributed by atoms with E-state index in [1.165, 1.54) is 20.3 Å². The van der Waals surface area contributed by atoms with E-state index >= 15 is 0 Å². The highest BCUT2D eigenvalue weighted by Crippen LogP contribution is 2.48. The molecule has 1 aliphatic rings. The fourth-order valence-corrected chi connectivity index (χ4v) is 6.12. The second kappa shape index (κ2) is 9.66. The zero-order valence-electron chi connectivity index (χ0n) is 21.1. The van der Waals surface area contributed by atoms with Gasteiger partial charge in [-0.2, -0.15) is 5.26 Å². The molecule has 0 fully saturated rings. The van der Waals surface area contributed by atoms with Gasteiger partial charge in [0, 0.05) is 16.5 Å². The number of halogens is 2. The Kier molecular flexibility index (Phi) is 6.12. The topological polar surface area (TPSA) is 123 Å². The zero-order chi connectivity index (χ0) is 28.1. The van der Waals surface area contributed by atoms with Crippen molar-refractivity contribution in [3.63, 3.8) is 0 Å². The summed E-state index contributed by atoms with van der Waals surface area (Å²) >= 11 is 1.10. The van der Waals surface area contributed by atoms with Gasteiger partial charge >= 0.3 is 0 Å². The number of nitrogens with zero attached hydrogens (tertiary/aromatic N) is 2. The molecule has 8 nitrogen and oxygen atoms in total. The number of hydrogen-bond acceptors (Lipinski definition) is 8. The van der Waals surface area contributed by atoms with Crippen molar-refractivity contribution >= 4 is 31.8 Å². The average Bonchev–Trinajstić information content (AvgIpc) is 3.34. The van der Waals surface area contributed by atoms with Gasteiger partial charge in [0.1, 0.15) is 28.0 Å². The molecule has 2 aromatic carbocycles. The SMILES string of the molecule is COc1ccc(-c2cc(C(F)F)c3c(n2)sc2c4c(c(=O)[nH]c23)C(c2ccc(OC)cc2)C(C#N)=C(N)O4)cc1. The molecule has 200 valence electrons. The Morgan fingerprint density at radius 1 is 1.10 bits per heavy atom. The number of thiophene rings is 1. The Hall–Kier alpha value is -4.95. The summed E-state index contributed by atoms with van der Waals surface area (Å²) in [5.41, 5.74) is 7.31. The number of methoxy groups -OCH3 is 2. The summed E-state index contributed by atoms with van der Waals surface area (Å²) in [4.78, 5) is 21.3. The van der Waals surface area contributed by atoms with Crippen molar-refractivity contribution in [2.75, 3.05) is 14.2 Å². The third-order valence-corrected chi connectivity index (χ3v) is 7.95. The van der Waals surface area contributed by atoms with E-state index in [1.807, 2.05) is 0 Å². The van der Waals surface area contributed by atoms with Crippen LogP contribution in [0.3, 0.4) is 0 Å². The predicted molar refractivity (Wildman–Crippen MR) is 147 cm³/mol. The molecule has 3 N–H and O–H groups in total. The summed E-state index contributed by atoms with van der Waals surface area (Å²) in [7, 11) is 3.07. The molecule has 0 amide bonds. The van der Waals surface area contributed by atoms with Crippen LogP contribution >= 0.6 is 11.3 Å². The van der Waals surface area contributed by atoms with Crippen LogP contribution in [0.25, 0.3) is 31.7 Å². The number of alkyl halides is 2. The van der Waals surface area contributed by atoms with E-state index in [4.69, 9.17) is 19.9 Å². The third kappa shape index (κ3) is 3.92. The lowest BCUT2D eigenvalue weighted by Gasteiger charge is -2.26. The number of rotatable bonds is 5. The highest BCUT2D eigenvalue weighted by Gasteiger charge is 2.36. The predicted octanol–water partition coefficient (Wildman–Crippen LogP) is 5.98. The molecular formula is C29H20F2N4O4S. The molecule has 40 heavy (non-hydrogen) atoms. The fraction of sp³-hybridized carbons (Fsp3) is 0.138. The van der Waals surface area contributed by atoms with Crippen LogP contribution < -0.4 is 25.5 Å². The van der Waals surface area contributed by atoms with E-state index in [1.54, 1.807) is 48.5 Å². The maximum absolute atomic E-state index is 14.4. The number of pyridine rings is 2. The molecule has 0 spiro atoms. The number of nitriles is 1. The number of hydrogen-bond donors (Lipinski definition) is 2. The molecule has 0 radical (unpaired) electrons. The fourth-order valence-electron chi connectivity index (χ4n) is 4.96. The first-order valence-electron chi connectivity index (χ1n) is 12.0. The lowest BCUT2D eigenvalue weighted by atomic mass is 9.84. The minimum absolute atomic E-state index is 0.0665. The molecule has 1 atom stereocenters. The first-order valence-corrected chi connectivity index (χ1v) is 12.8. The molecule has 3 aromatic heterocycles. The number of nitrogens with one attached hydrogen (secondary N) is 1. The summed E-state index contributed by atoms with van der Waals surface area (Å²) in [6.07, 6.45) is -2.84. The van der Waals surface area contributed by atoms with Crippen molar-refractivity contribution in [1.82, 2.24) is 9.97 Å². The number of ether oxygens (including phenoxy) is 3. The molecule has 0 saturated carbocycles. The Labute approximate surface area is 229 Å².